The van der Waals surface area contributed by atoms with Gasteiger partial charge in [0.1, 0.15) is 0 Å². The zero-order valence-corrected chi connectivity index (χ0v) is 12.4. The highest BCUT2D eigenvalue weighted by Gasteiger charge is 2.15. The van der Waals surface area contributed by atoms with Gasteiger partial charge in [-0.15, -0.1) is 0 Å². The Kier molecular flexibility index (Phi) is 3.67. The molecule has 0 unspecified atom stereocenters. The van der Waals surface area contributed by atoms with Crippen LogP contribution in [-0.2, 0) is 5.41 Å². The third kappa shape index (κ3) is 3.08. The summed E-state index contributed by atoms with van der Waals surface area (Å²) >= 11 is 0. The monoisotopic (exact) mass is 268 g/mol. The Morgan fingerprint density at radius 1 is 0.950 bits per heavy atom. The molecule has 2 aromatic rings. The minimum atomic E-state index is -0.892. The van der Waals surface area contributed by atoms with Crippen LogP contribution in [0.25, 0.3) is 11.1 Å². The molecule has 0 aliphatic carbocycles. The SMILES string of the molecule is Cc1cc(-c2ccc(C(=O)O)cc2)cc(C(C)(C)C)c1. The zero-order chi connectivity index (χ0) is 14.9. The number of carbonyl (C=O) groups is 1. The molecular weight excluding hydrogens is 248 g/mol. The molecule has 2 rings (SSSR count). The van der Waals surface area contributed by atoms with E-state index in [-0.39, 0.29) is 5.41 Å². The summed E-state index contributed by atoms with van der Waals surface area (Å²) in [5.74, 6) is -0.892. The van der Waals surface area contributed by atoms with E-state index in [0.29, 0.717) is 5.56 Å². The van der Waals surface area contributed by atoms with E-state index in [4.69, 9.17) is 5.11 Å². The first-order valence-corrected chi connectivity index (χ1v) is 6.73. The first-order valence-electron chi connectivity index (χ1n) is 6.73. The van der Waals surface area contributed by atoms with Crippen LogP contribution in [0.5, 0.6) is 0 Å². The van der Waals surface area contributed by atoms with E-state index in [9.17, 15) is 4.79 Å². The maximum atomic E-state index is 10.9. The average Bonchev–Trinajstić information content (AvgIpc) is 2.37. The van der Waals surface area contributed by atoms with E-state index >= 15 is 0 Å². The Morgan fingerprint density at radius 2 is 1.55 bits per heavy atom. The molecule has 0 aromatic heterocycles. The summed E-state index contributed by atoms with van der Waals surface area (Å²) in [4.78, 5) is 10.9. The molecule has 104 valence electrons. The summed E-state index contributed by atoms with van der Waals surface area (Å²) in [6.07, 6.45) is 0. The fraction of sp³-hybridized carbons (Fsp3) is 0.278. The van der Waals surface area contributed by atoms with Crippen molar-refractivity contribution in [1.82, 2.24) is 0 Å². The molecule has 0 aliphatic rings. The fourth-order valence-electron chi connectivity index (χ4n) is 2.19. The number of rotatable bonds is 2. The van der Waals surface area contributed by atoms with E-state index in [1.807, 2.05) is 12.1 Å². The molecule has 2 heteroatoms. The quantitative estimate of drug-likeness (QED) is 0.860. The van der Waals surface area contributed by atoms with Gasteiger partial charge in [0.25, 0.3) is 0 Å². The Balaban J connectivity index is 2.47. The van der Waals surface area contributed by atoms with Crippen molar-refractivity contribution in [3.05, 3.63) is 59.2 Å². The zero-order valence-electron chi connectivity index (χ0n) is 12.4. The molecule has 0 atom stereocenters. The summed E-state index contributed by atoms with van der Waals surface area (Å²) in [5.41, 5.74) is 5.10. The lowest BCUT2D eigenvalue weighted by Crippen LogP contribution is -2.11. The number of hydrogen-bond donors (Lipinski definition) is 1. The Bertz CT molecular complexity index is 631. The molecule has 0 radical (unpaired) electrons. The van der Waals surface area contributed by atoms with Crippen molar-refractivity contribution in [2.45, 2.75) is 33.1 Å². The first kappa shape index (κ1) is 14.3. The number of benzene rings is 2. The second kappa shape index (κ2) is 5.12. The Hall–Kier alpha value is -2.09. The molecule has 0 bridgehead atoms. The van der Waals surface area contributed by atoms with E-state index < -0.39 is 5.97 Å². The van der Waals surface area contributed by atoms with Crippen LogP contribution in [0.2, 0.25) is 0 Å². The molecule has 0 saturated carbocycles. The van der Waals surface area contributed by atoms with Gasteiger partial charge < -0.3 is 5.11 Å². The molecule has 0 fully saturated rings. The van der Waals surface area contributed by atoms with Gasteiger partial charge in [-0.3, -0.25) is 0 Å². The lowest BCUT2D eigenvalue weighted by Gasteiger charge is -2.21. The average molecular weight is 268 g/mol. The molecule has 20 heavy (non-hydrogen) atoms. The normalized spacial score (nSPS) is 11.4. The van der Waals surface area contributed by atoms with Crippen LogP contribution in [0.15, 0.2) is 42.5 Å². The van der Waals surface area contributed by atoms with Crippen LogP contribution in [-0.4, -0.2) is 11.1 Å². The van der Waals surface area contributed by atoms with Gasteiger partial charge in [0.2, 0.25) is 0 Å². The van der Waals surface area contributed by atoms with Crippen LogP contribution in [0.1, 0.15) is 42.3 Å². The van der Waals surface area contributed by atoms with Crippen molar-refractivity contribution in [2.75, 3.05) is 0 Å². The summed E-state index contributed by atoms with van der Waals surface area (Å²) in [6, 6.07) is 13.5. The van der Waals surface area contributed by atoms with Gasteiger partial charge in [0.05, 0.1) is 5.56 Å². The van der Waals surface area contributed by atoms with Gasteiger partial charge in [0, 0.05) is 0 Å². The molecular formula is C18H20O2. The molecule has 1 N–H and O–H groups in total. The van der Waals surface area contributed by atoms with E-state index in [1.165, 1.54) is 11.1 Å². The highest BCUT2D eigenvalue weighted by Crippen LogP contribution is 2.29. The van der Waals surface area contributed by atoms with Gasteiger partial charge >= 0.3 is 5.97 Å². The maximum absolute atomic E-state index is 10.9. The van der Waals surface area contributed by atoms with Crippen molar-refractivity contribution >= 4 is 5.97 Å². The Morgan fingerprint density at radius 3 is 2.05 bits per heavy atom. The topological polar surface area (TPSA) is 37.3 Å². The predicted molar refractivity (Wildman–Crippen MR) is 82.3 cm³/mol. The largest absolute Gasteiger partial charge is 0.478 e. The second-order valence-corrected chi connectivity index (χ2v) is 6.22. The third-order valence-corrected chi connectivity index (χ3v) is 3.41. The lowest BCUT2D eigenvalue weighted by atomic mass is 9.84. The minimum absolute atomic E-state index is 0.0990. The molecule has 0 aliphatic heterocycles. The van der Waals surface area contributed by atoms with Crippen molar-refractivity contribution < 1.29 is 9.90 Å². The Labute approximate surface area is 120 Å². The van der Waals surface area contributed by atoms with Gasteiger partial charge in [-0.25, -0.2) is 4.79 Å². The summed E-state index contributed by atoms with van der Waals surface area (Å²) in [5, 5.41) is 8.94. The van der Waals surface area contributed by atoms with E-state index in [2.05, 4.69) is 45.9 Å². The highest BCUT2D eigenvalue weighted by atomic mass is 16.4. The summed E-state index contributed by atoms with van der Waals surface area (Å²) < 4.78 is 0. The van der Waals surface area contributed by atoms with Crippen molar-refractivity contribution in [3.8, 4) is 11.1 Å². The number of carboxylic acid groups (broad SMARTS) is 1. The third-order valence-electron chi connectivity index (χ3n) is 3.41. The minimum Gasteiger partial charge on any atom is -0.478 e. The number of aromatic carboxylic acids is 1. The van der Waals surface area contributed by atoms with Gasteiger partial charge in [-0.1, -0.05) is 56.7 Å². The highest BCUT2D eigenvalue weighted by molar-refractivity contribution is 5.88. The van der Waals surface area contributed by atoms with E-state index in [0.717, 1.165) is 11.1 Å². The summed E-state index contributed by atoms with van der Waals surface area (Å²) in [6.45, 7) is 8.67. The van der Waals surface area contributed by atoms with Crippen molar-refractivity contribution in [1.29, 1.82) is 0 Å². The maximum Gasteiger partial charge on any atom is 0.335 e. The van der Waals surface area contributed by atoms with Crippen LogP contribution in [0.3, 0.4) is 0 Å². The molecule has 0 saturated heterocycles. The van der Waals surface area contributed by atoms with Crippen LogP contribution in [0.4, 0.5) is 0 Å². The van der Waals surface area contributed by atoms with Crippen molar-refractivity contribution in [3.63, 3.8) is 0 Å². The van der Waals surface area contributed by atoms with Crippen LogP contribution >= 0.6 is 0 Å². The molecule has 0 amide bonds. The molecule has 2 nitrogen and oxygen atoms in total. The number of aryl methyl sites for hydroxylation is 1. The first-order chi connectivity index (χ1) is 9.27. The van der Waals surface area contributed by atoms with Crippen LogP contribution in [0, 0.1) is 6.92 Å². The number of carboxylic acids is 1. The second-order valence-electron chi connectivity index (χ2n) is 6.22. The van der Waals surface area contributed by atoms with Crippen LogP contribution < -0.4 is 0 Å². The predicted octanol–water partition coefficient (Wildman–Crippen LogP) is 4.66. The fourth-order valence-corrected chi connectivity index (χ4v) is 2.19. The molecule has 0 heterocycles. The van der Waals surface area contributed by atoms with E-state index in [1.54, 1.807) is 12.1 Å². The standard InChI is InChI=1S/C18H20O2/c1-12-9-15(11-16(10-12)18(2,3)4)13-5-7-14(8-6-13)17(19)20/h5-11H,1-4H3,(H,19,20). The summed E-state index contributed by atoms with van der Waals surface area (Å²) in [7, 11) is 0. The lowest BCUT2D eigenvalue weighted by molar-refractivity contribution is 0.0697. The van der Waals surface area contributed by atoms with Gasteiger partial charge in [-0.2, -0.15) is 0 Å². The molecule has 0 spiro atoms. The smallest absolute Gasteiger partial charge is 0.335 e. The molecule has 2 aromatic carbocycles. The van der Waals surface area contributed by atoms with Gasteiger partial charge in [-0.05, 0) is 41.2 Å². The van der Waals surface area contributed by atoms with Gasteiger partial charge in [0.15, 0.2) is 0 Å². The van der Waals surface area contributed by atoms with Crippen molar-refractivity contribution in [2.24, 2.45) is 0 Å². The number of hydrogen-bond acceptors (Lipinski definition) is 1.